The Morgan fingerprint density at radius 2 is 2.12 bits per heavy atom. The van der Waals surface area contributed by atoms with Gasteiger partial charge in [-0.15, -0.1) is 0 Å². The summed E-state index contributed by atoms with van der Waals surface area (Å²) in [5.41, 5.74) is 3.88. The van der Waals surface area contributed by atoms with Crippen LogP contribution >= 0.6 is 0 Å². The Morgan fingerprint density at radius 3 is 2.85 bits per heavy atom. The number of nitrogens with zero attached hydrogens (tertiary/aromatic N) is 2. The highest BCUT2D eigenvalue weighted by molar-refractivity contribution is 5.75. The Kier molecular flexibility index (Phi) is 5.83. The second-order valence-electron chi connectivity index (χ2n) is 6.77. The van der Waals surface area contributed by atoms with Crippen LogP contribution in [0.4, 0.5) is 0 Å². The lowest BCUT2D eigenvalue weighted by molar-refractivity contribution is -0.121. The SMILES string of the molecule is Cc1ccc(-c2ccc(=O)n(CCC(=O)NCC3CCCO3)n2)cc1C. The maximum atomic E-state index is 12.1. The van der Waals surface area contributed by atoms with E-state index in [-0.39, 0.29) is 30.5 Å². The highest BCUT2D eigenvalue weighted by Crippen LogP contribution is 2.19. The first-order valence-electron chi connectivity index (χ1n) is 9.07. The van der Waals surface area contributed by atoms with E-state index in [0.29, 0.717) is 6.54 Å². The van der Waals surface area contributed by atoms with Crippen molar-refractivity contribution in [1.82, 2.24) is 15.1 Å². The number of rotatable bonds is 6. The predicted octanol–water partition coefficient (Wildman–Crippen LogP) is 2.21. The van der Waals surface area contributed by atoms with Crippen molar-refractivity contribution in [2.75, 3.05) is 13.2 Å². The molecule has 2 aromatic rings. The molecule has 1 aliphatic heterocycles. The number of carbonyl (C=O) groups is 1. The summed E-state index contributed by atoms with van der Waals surface area (Å²) in [6, 6.07) is 9.32. The summed E-state index contributed by atoms with van der Waals surface area (Å²) >= 11 is 0. The van der Waals surface area contributed by atoms with Gasteiger partial charge in [0.2, 0.25) is 5.91 Å². The van der Waals surface area contributed by atoms with Gasteiger partial charge >= 0.3 is 0 Å². The Bertz CT molecular complexity index is 838. The zero-order valence-corrected chi connectivity index (χ0v) is 15.3. The summed E-state index contributed by atoms with van der Waals surface area (Å²) in [5.74, 6) is -0.0919. The first kappa shape index (κ1) is 18.3. The van der Waals surface area contributed by atoms with Crippen LogP contribution in [0.1, 0.15) is 30.4 Å². The Hall–Kier alpha value is -2.47. The van der Waals surface area contributed by atoms with Gasteiger partial charge in [0.25, 0.3) is 5.56 Å². The number of hydrogen-bond donors (Lipinski definition) is 1. The van der Waals surface area contributed by atoms with Gasteiger partial charge in [-0.1, -0.05) is 12.1 Å². The molecule has 0 aliphatic carbocycles. The van der Waals surface area contributed by atoms with Crippen molar-refractivity contribution in [3.63, 3.8) is 0 Å². The summed E-state index contributed by atoms with van der Waals surface area (Å²) in [6.07, 6.45) is 2.37. The molecular formula is C20H25N3O3. The van der Waals surface area contributed by atoms with Crippen molar-refractivity contribution >= 4 is 5.91 Å². The van der Waals surface area contributed by atoms with Crippen molar-refractivity contribution < 1.29 is 9.53 Å². The molecule has 1 saturated heterocycles. The molecule has 1 aromatic heterocycles. The van der Waals surface area contributed by atoms with Crippen LogP contribution in [0.15, 0.2) is 35.1 Å². The fourth-order valence-electron chi connectivity index (χ4n) is 2.99. The number of amides is 1. The number of nitrogens with one attached hydrogen (secondary N) is 1. The zero-order valence-electron chi connectivity index (χ0n) is 15.3. The Balaban J connectivity index is 1.63. The van der Waals surface area contributed by atoms with Crippen molar-refractivity contribution in [3.8, 4) is 11.3 Å². The topological polar surface area (TPSA) is 73.2 Å². The van der Waals surface area contributed by atoms with E-state index < -0.39 is 0 Å². The first-order valence-corrected chi connectivity index (χ1v) is 9.07. The van der Waals surface area contributed by atoms with E-state index in [4.69, 9.17) is 4.74 Å². The van der Waals surface area contributed by atoms with Crippen molar-refractivity contribution in [2.24, 2.45) is 0 Å². The third-order valence-electron chi connectivity index (χ3n) is 4.77. The number of aryl methyl sites for hydroxylation is 3. The number of carbonyl (C=O) groups excluding carboxylic acids is 1. The summed E-state index contributed by atoms with van der Waals surface area (Å²) in [5, 5.41) is 7.29. The van der Waals surface area contributed by atoms with Gasteiger partial charge in [-0.2, -0.15) is 5.10 Å². The minimum Gasteiger partial charge on any atom is -0.376 e. The molecule has 1 unspecified atom stereocenters. The van der Waals surface area contributed by atoms with E-state index in [1.165, 1.54) is 21.9 Å². The molecule has 138 valence electrons. The number of hydrogen-bond acceptors (Lipinski definition) is 4. The molecule has 6 nitrogen and oxygen atoms in total. The molecule has 1 fully saturated rings. The van der Waals surface area contributed by atoms with Gasteiger partial charge in [-0.3, -0.25) is 9.59 Å². The van der Waals surface area contributed by atoms with Crippen LogP contribution in [0, 0.1) is 13.8 Å². The minimum absolute atomic E-state index is 0.0919. The molecule has 1 amide bonds. The molecule has 26 heavy (non-hydrogen) atoms. The van der Waals surface area contributed by atoms with E-state index in [1.54, 1.807) is 6.07 Å². The van der Waals surface area contributed by atoms with Crippen LogP contribution in [0.2, 0.25) is 0 Å². The van der Waals surface area contributed by atoms with Crippen LogP contribution in [0.3, 0.4) is 0 Å². The Labute approximate surface area is 153 Å². The van der Waals surface area contributed by atoms with Crippen LogP contribution in [0.5, 0.6) is 0 Å². The van der Waals surface area contributed by atoms with Gasteiger partial charge in [0.15, 0.2) is 0 Å². The lowest BCUT2D eigenvalue weighted by atomic mass is 10.0. The van der Waals surface area contributed by atoms with Crippen LogP contribution in [0.25, 0.3) is 11.3 Å². The summed E-state index contributed by atoms with van der Waals surface area (Å²) in [7, 11) is 0. The smallest absolute Gasteiger partial charge is 0.266 e. The summed E-state index contributed by atoms with van der Waals surface area (Å²) in [6.45, 7) is 5.67. The normalized spacial score (nSPS) is 16.6. The second kappa shape index (κ2) is 8.27. The molecule has 2 heterocycles. The van der Waals surface area contributed by atoms with Gasteiger partial charge in [0, 0.05) is 31.2 Å². The van der Waals surface area contributed by atoms with Gasteiger partial charge in [-0.25, -0.2) is 4.68 Å². The van der Waals surface area contributed by atoms with Crippen LogP contribution in [-0.4, -0.2) is 34.9 Å². The van der Waals surface area contributed by atoms with Crippen molar-refractivity contribution in [2.45, 2.75) is 45.8 Å². The maximum Gasteiger partial charge on any atom is 0.266 e. The molecule has 1 atom stereocenters. The molecular weight excluding hydrogens is 330 g/mol. The molecule has 0 radical (unpaired) electrons. The summed E-state index contributed by atoms with van der Waals surface area (Å²) < 4.78 is 6.84. The second-order valence-corrected chi connectivity index (χ2v) is 6.77. The first-order chi connectivity index (χ1) is 12.5. The molecule has 3 rings (SSSR count). The number of aromatic nitrogens is 2. The van der Waals surface area contributed by atoms with Gasteiger partial charge in [0.05, 0.1) is 18.3 Å². The van der Waals surface area contributed by atoms with E-state index in [9.17, 15) is 9.59 Å². The van der Waals surface area contributed by atoms with Gasteiger partial charge in [0.1, 0.15) is 0 Å². The van der Waals surface area contributed by atoms with Crippen molar-refractivity contribution in [1.29, 1.82) is 0 Å². The molecule has 1 aromatic carbocycles. The van der Waals surface area contributed by atoms with Crippen molar-refractivity contribution in [3.05, 3.63) is 51.8 Å². The molecule has 1 N–H and O–H groups in total. The zero-order chi connectivity index (χ0) is 18.5. The van der Waals surface area contributed by atoms with E-state index in [1.807, 2.05) is 19.1 Å². The van der Waals surface area contributed by atoms with Crippen LogP contribution < -0.4 is 10.9 Å². The molecule has 0 bridgehead atoms. The molecule has 0 spiro atoms. The highest BCUT2D eigenvalue weighted by Gasteiger charge is 2.16. The average Bonchev–Trinajstić information content (AvgIpc) is 3.15. The number of ether oxygens (including phenoxy) is 1. The monoisotopic (exact) mass is 355 g/mol. The minimum atomic E-state index is -0.204. The molecule has 6 heteroatoms. The number of benzene rings is 1. The third kappa shape index (κ3) is 4.58. The third-order valence-corrected chi connectivity index (χ3v) is 4.77. The van der Waals surface area contributed by atoms with E-state index in [2.05, 4.69) is 23.4 Å². The molecule has 0 saturated carbocycles. The molecule has 1 aliphatic rings. The summed E-state index contributed by atoms with van der Waals surface area (Å²) in [4.78, 5) is 24.1. The fourth-order valence-corrected chi connectivity index (χ4v) is 2.99. The Morgan fingerprint density at radius 1 is 1.27 bits per heavy atom. The largest absolute Gasteiger partial charge is 0.376 e. The van der Waals surface area contributed by atoms with Gasteiger partial charge in [-0.05, 0) is 49.9 Å². The van der Waals surface area contributed by atoms with Crippen LogP contribution in [-0.2, 0) is 16.1 Å². The standard InChI is InChI=1S/C20H25N3O3/c1-14-5-6-16(12-15(14)2)18-7-8-20(25)23(22-18)10-9-19(24)21-13-17-4-3-11-26-17/h5-8,12,17H,3-4,9-11,13H2,1-2H3,(H,21,24). The average molecular weight is 355 g/mol. The lowest BCUT2D eigenvalue weighted by Gasteiger charge is -2.11. The van der Waals surface area contributed by atoms with E-state index in [0.717, 1.165) is 30.7 Å². The highest BCUT2D eigenvalue weighted by atomic mass is 16.5. The van der Waals surface area contributed by atoms with Gasteiger partial charge < -0.3 is 10.1 Å². The quantitative estimate of drug-likeness (QED) is 0.862. The predicted molar refractivity (Wildman–Crippen MR) is 100 cm³/mol. The fraction of sp³-hybridized carbons (Fsp3) is 0.450. The lowest BCUT2D eigenvalue weighted by Crippen LogP contribution is -2.33. The maximum absolute atomic E-state index is 12.1. The van der Waals surface area contributed by atoms with E-state index >= 15 is 0 Å².